The molecule has 1 saturated heterocycles. The van der Waals surface area contributed by atoms with Crippen molar-refractivity contribution in [3.63, 3.8) is 0 Å². The van der Waals surface area contributed by atoms with Gasteiger partial charge in [0.2, 0.25) is 11.7 Å². The number of nitrogens with zero attached hydrogens (tertiary/aromatic N) is 5. The Bertz CT molecular complexity index is 635. The van der Waals surface area contributed by atoms with Gasteiger partial charge in [-0.05, 0) is 25.9 Å². The van der Waals surface area contributed by atoms with Crippen molar-refractivity contribution in [2.45, 2.75) is 18.9 Å². The molecule has 0 aromatic carbocycles. The molecule has 1 N–H and O–H groups in total. The molecule has 1 aliphatic heterocycles. The third-order valence-electron chi connectivity index (χ3n) is 3.50. The Labute approximate surface area is 121 Å². The molecule has 1 fully saturated rings. The molecule has 0 saturated carbocycles. The van der Waals surface area contributed by atoms with Crippen LogP contribution in [0.4, 0.5) is 0 Å². The van der Waals surface area contributed by atoms with E-state index in [9.17, 15) is 4.79 Å². The molecule has 1 aliphatic rings. The SMILES string of the molecule is COc1nccnc1C(=O)c1cn(C2CCNCC2)nn1. The van der Waals surface area contributed by atoms with Gasteiger partial charge in [0.05, 0.1) is 19.3 Å². The van der Waals surface area contributed by atoms with Crippen LogP contribution in [0.2, 0.25) is 0 Å². The fourth-order valence-corrected chi connectivity index (χ4v) is 2.38. The van der Waals surface area contributed by atoms with Crippen molar-refractivity contribution in [1.82, 2.24) is 30.3 Å². The Kier molecular flexibility index (Phi) is 3.87. The molecule has 0 spiro atoms. The van der Waals surface area contributed by atoms with Gasteiger partial charge < -0.3 is 10.1 Å². The lowest BCUT2D eigenvalue weighted by atomic mass is 10.1. The van der Waals surface area contributed by atoms with Gasteiger partial charge in [0.25, 0.3) is 0 Å². The first-order chi connectivity index (χ1) is 10.3. The zero-order valence-corrected chi connectivity index (χ0v) is 11.7. The first-order valence-electron chi connectivity index (χ1n) is 6.82. The van der Waals surface area contributed by atoms with Crippen LogP contribution in [0.3, 0.4) is 0 Å². The topological polar surface area (TPSA) is 94.8 Å². The van der Waals surface area contributed by atoms with Gasteiger partial charge in [0, 0.05) is 12.4 Å². The number of carbonyl (C=O) groups excluding carboxylic acids is 1. The maximum Gasteiger partial charge on any atom is 0.243 e. The minimum Gasteiger partial charge on any atom is -0.479 e. The molecule has 110 valence electrons. The van der Waals surface area contributed by atoms with E-state index in [4.69, 9.17) is 4.74 Å². The number of methoxy groups -OCH3 is 1. The second kappa shape index (κ2) is 5.96. The molecular formula is C13H16N6O2. The van der Waals surface area contributed by atoms with Crippen LogP contribution >= 0.6 is 0 Å². The van der Waals surface area contributed by atoms with Gasteiger partial charge in [0.1, 0.15) is 0 Å². The van der Waals surface area contributed by atoms with Crippen molar-refractivity contribution >= 4 is 5.78 Å². The Morgan fingerprint density at radius 1 is 1.33 bits per heavy atom. The van der Waals surface area contributed by atoms with Gasteiger partial charge in [-0.15, -0.1) is 5.10 Å². The molecule has 21 heavy (non-hydrogen) atoms. The monoisotopic (exact) mass is 288 g/mol. The highest BCUT2D eigenvalue weighted by Crippen LogP contribution is 2.19. The number of ether oxygens (including phenoxy) is 1. The van der Waals surface area contributed by atoms with Crippen molar-refractivity contribution in [1.29, 1.82) is 0 Å². The molecule has 0 atom stereocenters. The van der Waals surface area contributed by atoms with Gasteiger partial charge in [0.15, 0.2) is 11.4 Å². The molecule has 3 heterocycles. The van der Waals surface area contributed by atoms with Crippen LogP contribution in [-0.2, 0) is 0 Å². The second-order valence-corrected chi connectivity index (χ2v) is 4.81. The third kappa shape index (κ3) is 2.75. The predicted molar refractivity (Wildman–Crippen MR) is 73.2 cm³/mol. The Balaban J connectivity index is 1.83. The van der Waals surface area contributed by atoms with Crippen molar-refractivity contribution in [3.8, 4) is 5.88 Å². The summed E-state index contributed by atoms with van der Waals surface area (Å²) in [6.45, 7) is 1.90. The van der Waals surface area contributed by atoms with Crippen LogP contribution in [0.1, 0.15) is 35.1 Å². The number of aromatic nitrogens is 5. The predicted octanol–water partition coefficient (Wildman–Crippen LogP) is 0.232. The Morgan fingerprint density at radius 3 is 2.86 bits per heavy atom. The van der Waals surface area contributed by atoms with Crippen LogP contribution in [0.25, 0.3) is 0 Å². The van der Waals surface area contributed by atoms with Crippen LogP contribution in [-0.4, -0.2) is 50.9 Å². The summed E-state index contributed by atoms with van der Waals surface area (Å²) in [5.74, 6) is -0.140. The van der Waals surface area contributed by atoms with Crippen LogP contribution < -0.4 is 10.1 Å². The lowest BCUT2D eigenvalue weighted by Crippen LogP contribution is -2.29. The summed E-state index contributed by atoms with van der Waals surface area (Å²) in [5.41, 5.74) is 0.407. The molecule has 0 unspecified atom stereocenters. The van der Waals surface area contributed by atoms with Gasteiger partial charge in [-0.25, -0.2) is 14.6 Å². The van der Waals surface area contributed by atoms with Crippen LogP contribution in [0.5, 0.6) is 5.88 Å². The standard InChI is InChI=1S/C13H16N6O2/c1-21-13-11(15-6-7-16-13)12(20)10-8-19(18-17-10)9-2-4-14-5-3-9/h6-9,14H,2-5H2,1H3. The number of piperidine rings is 1. The van der Waals surface area contributed by atoms with Gasteiger partial charge in [-0.3, -0.25) is 4.79 Å². The van der Waals surface area contributed by atoms with E-state index < -0.39 is 0 Å². The van der Waals surface area contributed by atoms with E-state index >= 15 is 0 Å². The van der Waals surface area contributed by atoms with E-state index in [2.05, 4.69) is 25.6 Å². The summed E-state index contributed by atoms with van der Waals surface area (Å²) in [7, 11) is 1.45. The quantitative estimate of drug-likeness (QED) is 0.805. The average molecular weight is 288 g/mol. The molecule has 2 aromatic heterocycles. The first kappa shape index (κ1) is 13.6. The number of hydrogen-bond donors (Lipinski definition) is 1. The number of nitrogens with one attached hydrogen (secondary N) is 1. The fraction of sp³-hybridized carbons (Fsp3) is 0.462. The van der Waals surface area contributed by atoms with E-state index in [-0.39, 0.29) is 29.1 Å². The second-order valence-electron chi connectivity index (χ2n) is 4.81. The van der Waals surface area contributed by atoms with Crippen LogP contribution in [0.15, 0.2) is 18.6 Å². The maximum atomic E-state index is 12.4. The summed E-state index contributed by atoms with van der Waals surface area (Å²) >= 11 is 0. The maximum absolute atomic E-state index is 12.4. The van der Waals surface area contributed by atoms with Crippen molar-refractivity contribution in [2.75, 3.05) is 20.2 Å². The normalized spacial score (nSPS) is 15.9. The van der Waals surface area contributed by atoms with E-state index in [0.29, 0.717) is 0 Å². The highest BCUT2D eigenvalue weighted by atomic mass is 16.5. The minimum atomic E-state index is -0.333. The summed E-state index contributed by atoms with van der Waals surface area (Å²) in [5, 5.41) is 11.3. The number of hydrogen-bond acceptors (Lipinski definition) is 7. The summed E-state index contributed by atoms with van der Waals surface area (Å²) in [6.07, 6.45) is 6.55. The third-order valence-corrected chi connectivity index (χ3v) is 3.50. The molecule has 0 bridgehead atoms. The van der Waals surface area contributed by atoms with Gasteiger partial charge >= 0.3 is 0 Å². The van der Waals surface area contributed by atoms with E-state index in [1.54, 1.807) is 10.9 Å². The Morgan fingerprint density at radius 2 is 2.10 bits per heavy atom. The minimum absolute atomic E-state index is 0.150. The van der Waals surface area contributed by atoms with Gasteiger partial charge in [-0.1, -0.05) is 5.21 Å². The van der Waals surface area contributed by atoms with Crippen molar-refractivity contribution in [2.24, 2.45) is 0 Å². The zero-order valence-electron chi connectivity index (χ0n) is 11.7. The molecular weight excluding hydrogens is 272 g/mol. The molecule has 8 heteroatoms. The lowest BCUT2D eigenvalue weighted by Gasteiger charge is -2.22. The summed E-state index contributed by atoms with van der Waals surface area (Å²) in [4.78, 5) is 20.4. The van der Waals surface area contributed by atoms with E-state index in [0.717, 1.165) is 25.9 Å². The molecule has 0 amide bonds. The number of rotatable bonds is 4. The Hall–Kier alpha value is -2.35. The molecule has 3 rings (SSSR count). The number of ketones is 1. The van der Waals surface area contributed by atoms with Crippen molar-refractivity contribution < 1.29 is 9.53 Å². The first-order valence-corrected chi connectivity index (χ1v) is 6.82. The average Bonchev–Trinajstić information content (AvgIpc) is 3.05. The highest BCUT2D eigenvalue weighted by Gasteiger charge is 2.22. The van der Waals surface area contributed by atoms with E-state index in [1.807, 2.05) is 0 Å². The lowest BCUT2D eigenvalue weighted by molar-refractivity contribution is 0.102. The summed E-state index contributed by atoms with van der Waals surface area (Å²) in [6, 6.07) is 0.282. The molecule has 2 aromatic rings. The highest BCUT2D eigenvalue weighted by molar-refractivity contribution is 6.07. The number of carbonyl (C=O) groups is 1. The summed E-state index contributed by atoms with van der Waals surface area (Å²) < 4.78 is 6.81. The molecule has 0 aliphatic carbocycles. The van der Waals surface area contributed by atoms with Gasteiger partial charge in [-0.2, -0.15) is 0 Å². The van der Waals surface area contributed by atoms with E-state index in [1.165, 1.54) is 19.5 Å². The van der Waals surface area contributed by atoms with Crippen molar-refractivity contribution in [3.05, 3.63) is 30.0 Å². The largest absolute Gasteiger partial charge is 0.479 e. The van der Waals surface area contributed by atoms with Crippen LogP contribution in [0, 0.1) is 0 Å². The zero-order chi connectivity index (χ0) is 14.7. The molecule has 8 nitrogen and oxygen atoms in total. The molecule has 0 radical (unpaired) electrons. The fourth-order valence-electron chi connectivity index (χ4n) is 2.38. The smallest absolute Gasteiger partial charge is 0.243 e.